The third-order valence-electron chi connectivity index (χ3n) is 4.53. The van der Waals surface area contributed by atoms with Crippen LogP contribution in [0.25, 0.3) is 17.1 Å². The number of pyridine rings is 1. The van der Waals surface area contributed by atoms with Crippen molar-refractivity contribution in [3.05, 3.63) is 58.7 Å². The second-order valence-corrected chi connectivity index (χ2v) is 6.78. The molecule has 0 bridgehead atoms. The molecule has 8 heteroatoms. The summed E-state index contributed by atoms with van der Waals surface area (Å²) in [5, 5.41) is 7.80. The second kappa shape index (κ2) is 6.88. The molecule has 1 aromatic carbocycles. The third-order valence-corrected chi connectivity index (χ3v) is 4.76. The standard InChI is InChI=1S/C19H16ClF3N4/c20-12-7-8-16(14(11-12)19(21,22)23)27-18-13(5-1-3-10-25-18)17(26-27)15-6-2-4-9-24-15/h2,4,6-9,11,25H,1,3,5,10H2. The summed E-state index contributed by atoms with van der Waals surface area (Å²) in [5.74, 6) is 0.584. The topological polar surface area (TPSA) is 42.7 Å². The van der Waals surface area contributed by atoms with E-state index in [0.717, 1.165) is 30.9 Å². The van der Waals surface area contributed by atoms with Gasteiger partial charge in [-0.2, -0.15) is 18.3 Å². The Morgan fingerprint density at radius 3 is 2.70 bits per heavy atom. The second-order valence-electron chi connectivity index (χ2n) is 6.35. The molecule has 140 valence electrons. The first kappa shape index (κ1) is 17.9. The maximum absolute atomic E-state index is 13.6. The fourth-order valence-corrected chi connectivity index (χ4v) is 3.48. The minimum Gasteiger partial charge on any atom is -0.370 e. The van der Waals surface area contributed by atoms with Crippen molar-refractivity contribution < 1.29 is 13.2 Å². The number of anilines is 1. The van der Waals surface area contributed by atoms with Crippen LogP contribution in [0.2, 0.25) is 5.02 Å². The maximum atomic E-state index is 13.6. The molecule has 4 nitrogen and oxygen atoms in total. The molecule has 0 saturated carbocycles. The average Bonchev–Trinajstić information content (AvgIpc) is 2.83. The summed E-state index contributed by atoms with van der Waals surface area (Å²) in [7, 11) is 0. The first-order chi connectivity index (χ1) is 12.9. The van der Waals surface area contributed by atoms with E-state index >= 15 is 0 Å². The third kappa shape index (κ3) is 3.39. The van der Waals surface area contributed by atoms with E-state index in [4.69, 9.17) is 11.6 Å². The van der Waals surface area contributed by atoms with Gasteiger partial charge in [0.15, 0.2) is 0 Å². The van der Waals surface area contributed by atoms with E-state index < -0.39 is 11.7 Å². The van der Waals surface area contributed by atoms with Crippen LogP contribution in [0.4, 0.5) is 19.0 Å². The SMILES string of the molecule is FC(F)(F)c1cc(Cl)ccc1-n1nc(-c2ccccn2)c2c1NCCCC2. The Morgan fingerprint density at radius 2 is 1.96 bits per heavy atom. The van der Waals surface area contributed by atoms with E-state index in [9.17, 15) is 13.2 Å². The lowest BCUT2D eigenvalue weighted by atomic mass is 10.1. The number of rotatable bonds is 2. The highest BCUT2D eigenvalue weighted by molar-refractivity contribution is 6.30. The summed E-state index contributed by atoms with van der Waals surface area (Å²) in [5.41, 5.74) is 1.25. The molecule has 1 aliphatic heterocycles. The van der Waals surface area contributed by atoms with Gasteiger partial charge < -0.3 is 5.32 Å². The van der Waals surface area contributed by atoms with Gasteiger partial charge in [0.1, 0.15) is 11.5 Å². The van der Waals surface area contributed by atoms with Gasteiger partial charge in [-0.25, -0.2) is 4.68 Å². The van der Waals surface area contributed by atoms with Crippen molar-refractivity contribution in [3.8, 4) is 17.1 Å². The molecule has 1 N–H and O–H groups in total. The van der Waals surface area contributed by atoms with Crippen molar-refractivity contribution in [2.75, 3.05) is 11.9 Å². The number of fused-ring (bicyclic) bond motifs is 1. The molecule has 27 heavy (non-hydrogen) atoms. The fraction of sp³-hybridized carbons (Fsp3) is 0.263. The van der Waals surface area contributed by atoms with Crippen LogP contribution in [-0.4, -0.2) is 21.3 Å². The van der Waals surface area contributed by atoms with Gasteiger partial charge >= 0.3 is 6.18 Å². The molecule has 4 rings (SSSR count). The zero-order chi connectivity index (χ0) is 19.0. The van der Waals surface area contributed by atoms with E-state index in [1.807, 2.05) is 12.1 Å². The number of hydrogen-bond donors (Lipinski definition) is 1. The molecule has 3 aromatic rings. The molecule has 0 fully saturated rings. The predicted octanol–water partition coefficient (Wildman–Crippen LogP) is 5.35. The minimum atomic E-state index is -4.55. The molecule has 3 heterocycles. The van der Waals surface area contributed by atoms with Gasteiger partial charge in [-0.1, -0.05) is 17.7 Å². The number of halogens is 4. The Morgan fingerprint density at radius 1 is 1.11 bits per heavy atom. The van der Waals surface area contributed by atoms with Crippen LogP contribution in [0.5, 0.6) is 0 Å². The van der Waals surface area contributed by atoms with Crippen LogP contribution < -0.4 is 5.32 Å². The average molecular weight is 393 g/mol. The number of nitrogens with zero attached hydrogens (tertiary/aromatic N) is 3. The van der Waals surface area contributed by atoms with E-state index in [0.29, 0.717) is 23.8 Å². The summed E-state index contributed by atoms with van der Waals surface area (Å²) in [6.45, 7) is 0.676. The van der Waals surface area contributed by atoms with E-state index in [1.165, 1.54) is 16.8 Å². The molecule has 0 atom stereocenters. The van der Waals surface area contributed by atoms with Crippen LogP contribution in [0.15, 0.2) is 42.6 Å². The Hall–Kier alpha value is -2.54. The molecule has 0 aliphatic carbocycles. The van der Waals surface area contributed by atoms with Gasteiger partial charge in [-0.05, 0) is 49.6 Å². The Balaban J connectivity index is 1.96. The molecule has 0 amide bonds. The summed E-state index contributed by atoms with van der Waals surface area (Å²) in [6, 6.07) is 9.16. The number of aromatic nitrogens is 3. The highest BCUT2D eigenvalue weighted by atomic mass is 35.5. The van der Waals surface area contributed by atoms with Crippen molar-refractivity contribution in [3.63, 3.8) is 0 Å². The normalized spacial score (nSPS) is 14.4. The number of benzene rings is 1. The summed E-state index contributed by atoms with van der Waals surface area (Å²) < 4.78 is 42.2. The molecular weight excluding hydrogens is 377 g/mol. The molecule has 0 spiro atoms. The van der Waals surface area contributed by atoms with Crippen LogP contribution in [-0.2, 0) is 12.6 Å². The lowest BCUT2D eigenvalue weighted by Crippen LogP contribution is -2.14. The van der Waals surface area contributed by atoms with Gasteiger partial charge in [-0.15, -0.1) is 0 Å². The van der Waals surface area contributed by atoms with Crippen molar-refractivity contribution in [2.45, 2.75) is 25.4 Å². The Kier molecular flexibility index (Phi) is 4.55. The first-order valence-electron chi connectivity index (χ1n) is 8.59. The van der Waals surface area contributed by atoms with Gasteiger partial charge in [0, 0.05) is 23.3 Å². The van der Waals surface area contributed by atoms with Crippen molar-refractivity contribution in [1.82, 2.24) is 14.8 Å². The molecule has 0 saturated heterocycles. The molecular formula is C19H16ClF3N4. The summed E-state index contributed by atoms with van der Waals surface area (Å²) >= 11 is 5.83. The number of hydrogen-bond acceptors (Lipinski definition) is 3. The smallest absolute Gasteiger partial charge is 0.370 e. The Labute approximate surface area is 159 Å². The van der Waals surface area contributed by atoms with E-state index in [-0.39, 0.29) is 10.7 Å². The quantitative estimate of drug-likeness (QED) is 0.638. The first-order valence-corrected chi connectivity index (χ1v) is 8.97. The zero-order valence-electron chi connectivity index (χ0n) is 14.2. The molecule has 2 aromatic heterocycles. The van der Waals surface area contributed by atoms with Gasteiger partial charge in [0.25, 0.3) is 0 Å². The molecule has 1 aliphatic rings. The van der Waals surface area contributed by atoms with Gasteiger partial charge in [0.2, 0.25) is 0 Å². The lowest BCUT2D eigenvalue weighted by molar-refractivity contribution is -0.137. The van der Waals surface area contributed by atoms with Crippen LogP contribution >= 0.6 is 11.6 Å². The lowest BCUT2D eigenvalue weighted by Gasteiger charge is -2.16. The zero-order valence-corrected chi connectivity index (χ0v) is 15.0. The molecule has 0 unspecified atom stereocenters. The number of alkyl halides is 3. The van der Waals surface area contributed by atoms with Gasteiger partial charge in [0.05, 0.1) is 16.9 Å². The monoisotopic (exact) mass is 392 g/mol. The van der Waals surface area contributed by atoms with Crippen molar-refractivity contribution in [1.29, 1.82) is 0 Å². The fourth-order valence-electron chi connectivity index (χ4n) is 3.31. The summed E-state index contributed by atoms with van der Waals surface area (Å²) in [6.07, 6.45) is -0.312. The predicted molar refractivity (Wildman–Crippen MR) is 98.2 cm³/mol. The van der Waals surface area contributed by atoms with Crippen molar-refractivity contribution in [2.24, 2.45) is 0 Å². The van der Waals surface area contributed by atoms with Crippen LogP contribution in [0.1, 0.15) is 24.0 Å². The number of nitrogens with one attached hydrogen (secondary N) is 1. The molecule has 0 radical (unpaired) electrons. The van der Waals surface area contributed by atoms with Gasteiger partial charge in [-0.3, -0.25) is 4.98 Å². The highest BCUT2D eigenvalue weighted by Gasteiger charge is 2.36. The van der Waals surface area contributed by atoms with E-state index in [1.54, 1.807) is 12.3 Å². The van der Waals surface area contributed by atoms with E-state index in [2.05, 4.69) is 15.4 Å². The van der Waals surface area contributed by atoms with Crippen molar-refractivity contribution >= 4 is 17.4 Å². The Bertz CT molecular complexity index is 967. The minimum absolute atomic E-state index is 0.0298. The maximum Gasteiger partial charge on any atom is 0.418 e. The summed E-state index contributed by atoms with van der Waals surface area (Å²) in [4.78, 5) is 4.33. The highest BCUT2D eigenvalue weighted by Crippen LogP contribution is 2.39. The largest absolute Gasteiger partial charge is 0.418 e. The van der Waals surface area contributed by atoms with Crippen LogP contribution in [0.3, 0.4) is 0 Å². The van der Waals surface area contributed by atoms with Crippen LogP contribution in [0, 0.1) is 0 Å².